The fourth-order valence-corrected chi connectivity index (χ4v) is 4.05. The summed E-state index contributed by atoms with van der Waals surface area (Å²) in [6, 6.07) is 2.44. The van der Waals surface area contributed by atoms with Crippen LogP contribution in [0.15, 0.2) is 11.6 Å². The first-order chi connectivity index (χ1) is 8.95. The van der Waals surface area contributed by atoms with E-state index in [0.29, 0.717) is 30.1 Å². The van der Waals surface area contributed by atoms with Gasteiger partial charge in [0.1, 0.15) is 6.07 Å². The van der Waals surface area contributed by atoms with Gasteiger partial charge in [-0.3, -0.25) is 4.79 Å². The molecule has 5 atom stereocenters. The number of nitrogens with one attached hydrogen (secondary N) is 1. The number of nitrogens with two attached hydrogens (primary N) is 1. The summed E-state index contributed by atoms with van der Waals surface area (Å²) in [7, 11) is 0. The molecule has 0 spiro atoms. The lowest BCUT2D eigenvalue weighted by Gasteiger charge is -2.52. The molecule has 0 radical (unpaired) electrons. The standard InChI is InChI=1S/C15H23N3O/c1-9-12-4-5-13(18-8-17)10(2)15(12,3)6-11(7-16)14(9)19/h6,9-10,12-13,18H,4-5,8,17H2,1-3H3/t9-,10?,12-,13?,15+/m1/s1. The molecular weight excluding hydrogens is 238 g/mol. The van der Waals surface area contributed by atoms with E-state index in [-0.39, 0.29) is 17.1 Å². The highest BCUT2D eigenvalue weighted by molar-refractivity contribution is 6.01. The van der Waals surface area contributed by atoms with Gasteiger partial charge in [-0.05, 0) is 30.1 Å². The molecule has 104 valence electrons. The number of allylic oxidation sites excluding steroid dienone is 2. The summed E-state index contributed by atoms with van der Waals surface area (Å²) < 4.78 is 0. The predicted molar refractivity (Wildman–Crippen MR) is 73.8 cm³/mol. The third-order valence-corrected chi connectivity index (χ3v) is 5.41. The second-order valence-electron chi connectivity index (χ2n) is 6.18. The Morgan fingerprint density at radius 2 is 2.21 bits per heavy atom. The van der Waals surface area contributed by atoms with Crippen LogP contribution in [0.5, 0.6) is 0 Å². The van der Waals surface area contributed by atoms with E-state index in [2.05, 4.69) is 25.2 Å². The molecule has 2 aliphatic carbocycles. The van der Waals surface area contributed by atoms with Gasteiger partial charge in [-0.1, -0.05) is 26.8 Å². The average molecular weight is 261 g/mol. The third kappa shape index (κ3) is 2.11. The van der Waals surface area contributed by atoms with Crippen molar-refractivity contribution in [1.29, 1.82) is 5.26 Å². The molecule has 2 unspecified atom stereocenters. The van der Waals surface area contributed by atoms with Gasteiger partial charge in [0.15, 0.2) is 5.78 Å². The van der Waals surface area contributed by atoms with E-state index in [1.54, 1.807) is 0 Å². The molecule has 0 heterocycles. The topological polar surface area (TPSA) is 78.9 Å². The monoisotopic (exact) mass is 261 g/mol. The van der Waals surface area contributed by atoms with Gasteiger partial charge in [0.25, 0.3) is 0 Å². The van der Waals surface area contributed by atoms with Crippen LogP contribution in [0.1, 0.15) is 33.6 Å². The van der Waals surface area contributed by atoms with E-state index in [1.807, 2.05) is 13.0 Å². The molecule has 4 heteroatoms. The van der Waals surface area contributed by atoms with Crippen LogP contribution in [-0.2, 0) is 4.79 Å². The first-order valence-corrected chi connectivity index (χ1v) is 7.06. The number of hydrogen-bond donors (Lipinski definition) is 2. The van der Waals surface area contributed by atoms with Crippen LogP contribution in [0.2, 0.25) is 0 Å². The molecule has 0 aliphatic heterocycles. The summed E-state index contributed by atoms with van der Waals surface area (Å²) in [4.78, 5) is 12.1. The predicted octanol–water partition coefficient (Wildman–Crippen LogP) is 1.58. The highest BCUT2D eigenvalue weighted by Crippen LogP contribution is 2.52. The molecule has 0 aromatic carbocycles. The van der Waals surface area contributed by atoms with Gasteiger partial charge in [-0.2, -0.15) is 5.26 Å². The van der Waals surface area contributed by atoms with Crippen molar-refractivity contribution >= 4 is 5.78 Å². The van der Waals surface area contributed by atoms with E-state index in [9.17, 15) is 4.79 Å². The highest BCUT2D eigenvalue weighted by atomic mass is 16.1. The molecule has 3 N–H and O–H groups in total. The van der Waals surface area contributed by atoms with Crippen molar-refractivity contribution in [3.63, 3.8) is 0 Å². The summed E-state index contributed by atoms with van der Waals surface area (Å²) in [5.74, 6) is 0.671. The lowest BCUT2D eigenvalue weighted by molar-refractivity contribution is -0.124. The van der Waals surface area contributed by atoms with Crippen LogP contribution >= 0.6 is 0 Å². The number of ketones is 1. The number of fused-ring (bicyclic) bond motifs is 1. The minimum atomic E-state index is -0.0938. The molecule has 1 fully saturated rings. The lowest BCUT2D eigenvalue weighted by Crippen LogP contribution is -2.54. The molecule has 0 saturated heterocycles. The van der Waals surface area contributed by atoms with Gasteiger partial charge in [0.05, 0.1) is 5.57 Å². The van der Waals surface area contributed by atoms with Crippen molar-refractivity contribution in [3.05, 3.63) is 11.6 Å². The van der Waals surface area contributed by atoms with Gasteiger partial charge >= 0.3 is 0 Å². The number of rotatable bonds is 2. The van der Waals surface area contributed by atoms with Gasteiger partial charge < -0.3 is 11.1 Å². The average Bonchev–Trinajstić information content (AvgIpc) is 2.39. The van der Waals surface area contributed by atoms with Crippen molar-refractivity contribution in [3.8, 4) is 6.07 Å². The Morgan fingerprint density at radius 1 is 1.53 bits per heavy atom. The Bertz CT molecular complexity index is 451. The Morgan fingerprint density at radius 3 is 2.79 bits per heavy atom. The smallest absolute Gasteiger partial charge is 0.176 e. The molecule has 2 rings (SSSR count). The molecule has 0 aromatic heterocycles. The summed E-state index contributed by atoms with van der Waals surface area (Å²) in [6.07, 6.45) is 3.99. The van der Waals surface area contributed by atoms with Crippen LogP contribution in [0.3, 0.4) is 0 Å². The molecule has 2 aliphatic rings. The molecule has 19 heavy (non-hydrogen) atoms. The van der Waals surface area contributed by atoms with E-state index in [4.69, 9.17) is 11.0 Å². The molecule has 0 aromatic rings. The number of Topliss-reactive ketones (excluding diaryl/α,β-unsaturated/α-hetero) is 1. The van der Waals surface area contributed by atoms with Crippen molar-refractivity contribution in [2.24, 2.45) is 28.9 Å². The molecule has 0 bridgehead atoms. The largest absolute Gasteiger partial charge is 0.318 e. The van der Waals surface area contributed by atoms with Crippen molar-refractivity contribution in [1.82, 2.24) is 5.32 Å². The van der Waals surface area contributed by atoms with Gasteiger partial charge in [0.2, 0.25) is 0 Å². The van der Waals surface area contributed by atoms with Gasteiger partial charge in [-0.15, -0.1) is 0 Å². The Kier molecular flexibility index (Phi) is 3.80. The number of carbonyl (C=O) groups is 1. The summed E-state index contributed by atoms with van der Waals surface area (Å²) >= 11 is 0. The fraction of sp³-hybridized carbons (Fsp3) is 0.733. The first-order valence-electron chi connectivity index (χ1n) is 7.06. The zero-order valence-electron chi connectivity index (χ0n) is 11.9. The van der Waals surface area contributed by atoms with E-state index < -0.39 is 0 Å². The zero-order chi connectivity index (χ0) is 14.2. The molecular formula is C15H23N3O. The van der Waals surface area contributed by atoms with E-state index in [1.165, 1.54) is 0 Å². The number of hydrogen-bond acceptors (Lipinski definition) is 4. The lowest BCUT2D eigenvalue weighted by atomic mass is 9.53. The highest BCUT2D eigenvalue weighted by Gasteiger charge is 2.51. The minimum Gasteiger partial charge on any atom is -0.318 e. The van der Waals surface area contributed by atoms with Crippen LogP contribution in [0.4, 0.5) is 0 Å². The Hall–Kier alpha value is -1.18. The van der Waals surface area contributed by atoms with Crippen molar-refractivity contribution < 1.29 is 4.79 Å². The van der Waals surface area contributed by atoms with Gasteiger partial charge in [0, 0.05) is 18.6 Å². The summed E-state index contributed by atoms with van der Waals surface area (Å²) in [5, 5.41) is 12.5. The number of carbonyl (C=O) groups excluding carboxylic acids is 1. The maximum Gasteiger partial charge on any atom is 0.176 e. The van der Waals surface area contributed by atoms with Gasteiger partial charge in [-0.25, -0.2) is 0 Å². The number of nitriles is 1. The van der Waals surface area contributed by atoms with Crippen LogP contribution < -0.4 is 11.1 Å². The quantitative estimate of drug-likeness (QED) is 0.740. The Balaban J connectivity index is 2.40. The van der Waals surface area contributed by atoms with Crippen LogP contribution in [-0.4, -0.2) is 18.5 Å². The molecule has 4 nitrogen and oxygen atoms in total. The second-order valence-corrected chi connectivity index (χ2v) is 6.18. The zero-order valence-corrected chi connectivity index (χ0v) is 11.9. The summed E-state index contributed by atoms with van der Waals surface area (Å²) in [5.41, 5.74) is 5.85. The Labute approximate surface area is 115 Å². The normalized spacial score (nSPS) is 42.3. The minimum absolute atomic E-state index is 0.0161. The molecule has 1 saturated carbocycles. The van der Waals surface area contributed by atoms with E-state index >= 15 is 0 Å². The number of nitrogens with zero attached hydrogens (tertiary/aromatic N) is 1. The third-order valence-electron chi connectivity index (χ3n) is 5.41. The van der Waals surface area contributed by atoms with Crippen molar-refractivity contribution in [2.45, 2.75) is 39.7 Å². The molecule has 0 amide bonds. The maximum absolute atomic E-state index is 12.1. The SMILES string of the molecule is CC1C(NCN)CC[C@@H]2[C@@H](C)C(=O)C(C#N)=C[C@@]12C. The first kappa shape index (κ1) is 14.2. The fourth-order valence-electron chi connectivity index (χ4n) is 4.05. The summed E-state index contributed by atoms with van der Waals surface area (Å²) in [6.45, 7) is 6.83. The van der Waals surface area contributed by atoms with Crippen LogP contribution in [0, 0.1) is 34.5 Å². The van der Waals surface area contributed by atoms with Crippen molar-refractivity contribution in [2.75, 3.05) is 6.67 Å². The maximum atomic E-state index is 12.1. The second kappa shape index (κ2) is 5.07. The van der Waals surface area contributed by atoms with E-state index in [0.717, 1.165) is 12.8 Å². The van der Waals surface area contributed by atoms with Crippen LogP contribution in [0.25, 0.3) is 0 Å².